The summed E-state index contributed by atoms with van der Waals surface area (Å²) in [5.41, 5.74) is 6.75. The van der Waals surface area contributed by atoms with Crippen molar-refractivity contribution in [3.63, 3.8) is 0 Å². The highest BCUT2D eigenvalue weighted by atomic mass is 19.1. The van der Waals surface area contributed by atoms with Crippen LogP contribution in [0.5, 0.6) is 0 Å². The molecular formula is C23H26FN3. The number of benzene rings is 1. The van der Waals surface area contributed by atoms with Gasteiger partial charge < -0.3 is 4.90 Å². The number of hydrogen-bond donors (Lipinski definition) is 0. The van der Waals surface area contributed by atoms with E-state index in [1.54, 1.807) is 12.1 Å². The largest absolute Gasteiger partial charge is 0.364 e. The van der Waals surface area contributed by atoms with Crippen LogP contribution in [0.1, 0.15) is 54.5 Å². The molecule has 0 spiro atoms. The number of fused-ring (bicyclic) bond motifs is 1. The second-order valence-electron chi connectivity index (χ2n) is 7.40. The minimum absolute atomic E-state index is 0.119. The van der Waals surface area contributed by atoms with Crippen molar-refractivity contribution < 1.29 is 4.39 Å². The molecule has 1 saturated heterocycles. The summed E-state index contributed by atoms with van der Waals surface area (Å²) in [7, 11) is 0. The molecule has 4 heteroatoms. The van der Waals surface area contributed by atoms with Gasteiger partial charge in [-0.3, -0.25) is 0 Å². The summed E-state index contributed by atoms with van der Waals surface area (Å²) in [5.74, 6) is -0.119. The Kier molecular flexibility index (Phi) is 4.73. The van der Waals surface area contributed by atoms with Crippen molar-refractivity contribution in [2.75, 3.05) is 11.4 Å². The first-order valence-electron chi connectivity index (χ1n) is 9.77. The summed E-state index contributed by atoms with van der Waals surface area (Å²) < 4.78 is 16.2. The van der Waals surface area contributed by atoms with E-state index in [1.165, 1.54) is 5.56 Å². The maximum atomic E-state index is 14.3. The van der Waals surface area contributed by atoms with E-state index in [4.69, 9.17) is 0 Å². The van der Waals surface area contributed by atoms with E-state index in [9.17, 15) is 4.39 Å². The smallest absolute Gasteiger partial charge is 0.123 e. The van der Waals surface area contributed by atoms with E-state index >= 15 is 0 Å². The number of aryl methyl sites for hydroxylation is 1. The van der Waals surface area contributed by atoms with Gasteiger partial charge in [-0.25, -0.2) is 8.91 Å². The Balaban J connectivity index is 1.76. The third kappa shape index (κ3) is 3.14. The van der Waals surface area contributed by atoms with Gasteiger partial charge >= 0.3 is 0 Å². The molecule has 1 atom stereocenters. The van der Waals surface area contributed by atoms with Crippen LogP contribution in [-0.2, 0) is 6.42 Å². The second kappa shape index (κ2) is 7.18. The van der Waals surface area contributed by atoms with Crippen molar-refractivity contribution in [2.45, 2.75) is 45.6 Å². The fraction of sp³-hybridized carbons (Fsp3) is 0.348. The molecular weight excluding hydrogens is 337 g/mol. The molecule has 0 bridgehead atoms. The fourth-order valence-corrected chi connectivity index (χ4v) is 4.36. The highest BCUT2D eigenvalue weighted by Gasteiger charge is 2.28. The second-order valence-corrected chi connectivity index (χ2v) is 7.40. The van der Waals surface area contributed by atoms with E-state index in [2.05, 4.69) is 42.6 Å². The zero-order valence-electron chi connectivity index (χ0n) is 16.1. The number of rotatable bonds is 5. The highest BCUT2D eigenvalue weighted by Crippen LogP contribution is 2.39. The van der Waals surface area contributed by atoms with Crippen LogP contribution in [0.25, 0.3) is 11.6 Å². The summed E-state index contributed by atoms with van der Waals surface area (Å²) in [5, 5.41) is 4.37. The van der Waals surface area contributed by atoms with Crippen LogP contribution in [0.15, 0.2) is 43.2 Å². The third-order valence-electron chi connectivity index (χ3n) is 5.74. The lowest BCUT2D eigenvalue weighted by Gasteiger charge is -2.29. The molecule has 3 aromatic rings. The molecule has 4 rings (SSSR count). The van der Waals surface area contributed by atoms with Crippen molar-refractivity contribution in [1.29, 1.82) is 0 Å². The van der Waals surface area contributed by atoms with Crippen molar-refractivity contribution >= 4 is 17.3 Å². The van der Waals surface area contributed by atoms with E-state index < -0.39 is 0 Å². The number of nitrogens with zero attached hydrogens (tertiary/aromatic N) is 3. The first-order valence-corrected chi connectivity index (χ1v) is 9.77. The van der Waals surface area contributed by atoms with Gasteiger partial charge in [-0.1, -0.05) is 26.0 Å². The maximum absolute atomic E-state index is 14.3. The van der Waals surface area contributed by atoms with Gasteiger partial charge in [-0.05, 0) is 67.1 Å². The van der Waals surface area contributed by atoms with Gasteiger partial charge in [0.25, 0.3) is 0 Å². The molecule has 3 heterocycles. The average molecular weight is 363 g/mol. The molecule has 140 valence electrons. The van der Waals surface area contributed by atoms with Crippen LogP contribution in [0, 0.1) is 12.7 Å². The Bertz CT molecular complexity index is 989. The molecule has 0 amide bonds. The van der Waals surface area contributed by atoms with Gasteiger partial charge in [-0.2, -0.15) is 5.10 Å². The molecule has 1 unspecified atom stereocenters. The maximum Gasteiger partial charge on any atom is 0.123 e. The summed E-state index contributed by atoms with van der Waals surface area (Å²) in [6.45, 7) is 9.15. The number of halogens is 1. The minimum Gasteiger partial charge on any atom is -0.364 e. The van der Waals surface area contributed by atoms with Crippen molar-refractivity contribution in [3.05, 3.63) is 71.3 Å². The van der Waals surface area contributed by atoms with Crippen LogP contribution in [-0.4, -0.2) is 16.2 Å². The predicted octanol–water partition coefficient (Wildman–Crippen LogP) is 5.72. The Morgan fingerprint density at radius 3 is 2.96 bits per heavy atom. The lowest BCUT2D eigenvalue weighted by atomic mass is 9.93. The van der Waals surface area contributed by atoms with Gasteiger partial charge in [0.2, 0.25) is 0 Å². The first kappa shape index (κ1) is 17.8. The molecule has 2 aromatic heterocycles. The van der Waals surface area contributed by atoms with Crippen LogP contribution in [0.4, 0.5) is 10.1 Å². The summed E-state index contributed by atoms with van der Waals surface area (Å²) in [4.78, 5) is 2.41. The lowest BCUT2D eigenvalue weighted by molar-refractivity contribution is 0.613. The Morgan fingerprint density at radius 2 is 2.19 bits per heavy atom. The predicted molar refractivity (Wildman–Crippen MR) is 110 cm³/mol. The number of pyridine rings is 1. The Morgan fingerprint density at radius 1 is 1.33 bits per heavy atom. The standard InChI is InChI=1S/C23H26FN3/c1-4-7-18-12-19(24)13-21(16(18)3)22-8-6-10-26(22)20-9-11-27-23(14-20)17(5-2)15-25-27/h5,9,11-15,22H,2,4,6-8,10H2,1,3H3. The Labute approximate surface area is 160 Å². The van der Waals surface area contributed by atoms with Gasteiger partial charge in [0.05, 0.1) is 17.8 Å². The van der Waals surface area contributed by atoms with Crippen molar-refractivity contribution in [3.8, 4) is 0 Å². The molecule has 0 radical (unpaired) electrons. The zero-order valence-corrected chi connectivity index (χ0v) is 16.1. The quantitative estimate of drug-likeness (QED) is 0.578. The van der Waals surface area contributed by atoms with Crippen LogP contribution in [0.2, 0.25) is 0 Å². The molecule has 1 aliphatic heterocycles. The zero-order chi connectivity index (χ0) is 19.0. The SMILES string of the molecule is C=Cc1cnn2ccc(N3CCCC3c3cc(F)cc(CCC)c3C)cc12. The molecule has 3 nitrogen and oxygen atoms in total. The van der Waals surface area contributed by atoms with Gasteiger partial charge in [-0.15, -0.1) is 0 Å². The van der Waals surface area contributed by atoms with Crippen LogP contribution >= 0.6 is 0 Å². The molecule has 0 saturated carbocycles. The minimum atomic E-state index is -0.119. The number of anilines is 1. The van der Waals surface area contributed by atoms with Crippen LogP contribution in [0.3, 0.4) is 0 Å². The van der Waals surface area contributed by atoms with E-state index in [-0.39, 0.29) is 11.9 Å². The van der Waals surface area contributed by atoms with Gasteiger partial charge in [0.1, 0.15) is 5.82 Å². The van der Waals surface area contributed by atoms with Crippen molar-refractivity contribution in [2.24, 2.45) is 0 Å². The average Bonchev–Trinajstić information content (AvgIpc) is 3.30. The molecule has 27 heavy (non-hydrogen) atoms. The highest BCUT2D eigenvalue weighted by molar-refractivity contribution is 5.72. The van der Waals surface area contributed by atoms with Gasteiger partial charge in [0, 0.05) is 24.0 Å². The summed E-state index contributed by atoms with van der Waals surface area (Å²) >= 11 is 0. The summed E-state index contributed by atoms with van der Waals surface area (Å²) in [6, 6.07) is 7.94. The molecule has 1 fully saturated rings. The van der Waals surface area contributed by atoms with Crippen molar-refractivity contribution in [1.82, 2.24) is 9.61 Å². The third-order valence-corrected chi connectivity index (χ3v) is 5.74. The molecule has 0 aliphatic carbocycles. The first-order chi connectivity index (χ1) is 13.1. The van der Waals surface area contributed by atoms with E-state index in [0.717, 1.165) is 60.1 Å². The monoisotopic (exact) mass is 363 g/mol. The molecule has 1 aromatic carbocycles. The normalized spacial score (nSPS) is 17.0. The molecule has 0 N–H and O–H groups in total. The van der Waals surface area contributed by atoms with Crippen LogP contribution < -0.4 is 4.90 Å². The van der Waals surface area contributed by atoms with Gasteiger partial charge in [0.15, 0.2) is 0 Å². The number of hydrogen-bond acceptors (Lipinski definition) is 2. The van der Waals surface area contributed by atoms with E-state index in [1.807, 2.05) is 23.0 Å². The lowest BCUT2D eigenvalue weighted by Crippen LogP contribution is -2.23. The number of aromatic nitrogens is 2. The van der Waals surface area contributed by atoms with E-state index in [0.29, 0.717) is 0 Å². The fourth-order valence-electron chi connectivity index (χ4n) is 4.36. The Hall–Kier alpha value is -2.62. The molecule has 1 aliphatic rings. The summed E-state index contributed by atoms with van der Waals surface area (Å²) in [6.07, 6.45) is 9.78. The topological polar surface area (TPSA) is 20.5 Å².